The second kappa shape index (κ2) is 8.60. The van der Waals surface area contributed by atoms with Gasteiger partial charge >= 0.3 is 0 Å². The number of anilines is 1. The van der Waals surface area contributed by atoms with Crippen LogP contribution in [0.1, 0.15) is 43.9 Å². The molecule has 2 aromatic rings. The molecule has 25 heavy (non-hydrogen) atoms. The maximum Gasteiger partial charge on any atom is 0.223 e. The largest absolute Gasteiger partial charge is 0.368 e. The minimum Gasteiger partial charge on any atom is -0.368 e. The van der Waals surface area contributed by atoms with Crippen molar-refractivity contribution in [2.24, 2.45) is 5.92 Å². The minimum absolute atomic E-state index is 0.0962. The first kappa shape index (κ1) is 18.9. The Hall–Kier alpha value is -2.44. The molecule has 0 saturated carbocycles. The molecule has 0 fully saturated rings. The van der Waals surface area contributed by atoms with Gasteiger partial charge < -0.3 is 10.6 Å². The van der Waals surface area contributed by atoms with Gasteiger partial charge in [-0.1, -0.05) is 13.8 Å². The molecular formula is C18H28N6O. The molecule has 0 aliphatic carbocycles. The van der Waals surface area contributed by atoms with Crippen LogP contribution in [-0.4, -0.2) is 38.7 Å². The van der Waals surface area contributed by atoms with E-state index in [-0.39, 0.29) is 11.8 Å². The van der Waals surface area contributed by atoms with Crippen LogP contribution in [0.5, 0.6) is 0 Å². The van der Waals surface area contributed by atoms with Gasteiger partial charge in [0, 0.05) is 30.8 Å². The Balaban J connectivity index is 1.97. The topological polar surface area (TPSA) is 84.7 Å². The summed E-state index contributed by atoms with van der Waals surface area (Å²) in [5, 5.41) is 10.7. The lowest BCUT2D eigenvalue weighted by atomic mass is 10.0. The lowest BCUT2D eigenvalue weighted by Crippen LogP contribution is -2.33. The molecule has 1 amide bonds. The molecule has 0 unspecified atom stereocenters. The Labute approximate surface area is 149 Å². The SMILES string of the molecule is CCC(CC)C(=O)NCCNc1cc(-n2nc(C)cc2C)nc(C)n1. The molecule has 2 rings (SSSR count). The summed E-state index contributed by atoms with van der Waals surface area (Å²) in [6.07, 6.45) is 1.74. The molecule has 0 aliphatic heterocycles. The number of aryl methyl sites for hydroxylation is 3. The van der Waals surface area contributed by atoms with Crippen molar-refractivity contribution in [3.05, 3.63) is 29.3 Å². The first-order valence-corrected chi connectivity index (χ1v) is 8.85. The monoisotopic (exact) mass is 344 g/mol. The van der Waals surface area contributed by atoms with E-state index in [9.17, 15) is 4.79 Å². The third-order valence-corrected chi connectivity index (χ3v) is 4.14. The summed E-state index contributed by atoms with van der Waals surface area (Å²) in [6, 6.07) is 3.88. The zero-order valence-corrected chi connectivity index (χ0v) is 15.8. The van der Waals surface area contributed by atoms with Gasteiger partial charge in [0.25, 0.3) is 0 Å². The molecule has 0 bridgehead atoms. The highest BCUT2D eigenvalue weighted by atomic mass is 16.1. The highest BCUT2D eigenvalue weighted by Crippen LogP contribution is 2.13. The first-order valence-electron chi connectivity index (χ1n) is 8.85. The van der Waals surface area contributed by atoms with Crippen LogP contribution < -0.4 is 10.6 Å². The van der Waals surface area contributed by atoms with E-state index in [4.69, 9.17) is 0 Å². The molecule has 0 radical (unpaired) electrons. The number of rotatable bonds is 8. The normalized spacial score (nSPS) is 11.0. The average molecular weight is 344 g/mol. The van der Waals surface area contributed by atoms with Gasteiger partial charge in [-0.25, -0.2) is 14.6 Å². The van der Waals surface area contributed by atoms with Crippen molar-refractivity contribution in [2.75, 3.05) is 18.4 Å². The van der Waals surface area contributed by atoms with Gasteiger partial charge in [0.15, 0.2) is 5.82 Å². The Morgan fingerprint density at radius 2 is 1.84 bits per heavy atom. The maximum atomic E-state index is 12.0. The van der Waals surface area contributed by atoms with Crippen LogP contribution in [0.15, 0.2) is 12.1 Å². The van der Waals surface area contributed by atoms with Crippen molar-refractivity contribution in [3.63, 3.8) is 0 Å². The van der Waals surface area contributed by atoms with Gasteiger partial charge in [-0.05, 0) is 39.7 Å². The average Bonchev–Trinajstić information content (AvgIpc) is 2.91. The summed E-state index contributed by atoms with van der Waals surface area (Å²) in [5.41, 5.74) is 1.98. The maximum absolute atomic E-state index is 12.0. The summed E-state index contributed by atoms with van der Waals surface area (Å²) >= 11 is 0. The van der Waals surface area contributed by atoms with Gasteiger partial charge in [0.05, 0.1) is 5.69 Å². The van der Waals surface area contributed by atoms with E-state index < -0.39 is 0 Å². The number of nitrogens with one attached hydrogen (secondary N) is 2. The number of hydrogen-bond donors (Lipinski definition) is 2. The molecule has 0 saturated heterocycles. The fourth-order valence-corrected chi connectivity index (χ4v) is 2.79. The quantitative estimate of drug-likeness (QED) is 0.719. The van der Waals surface area contributed by atoms with E-state index in [1.807, 2.05) is 51.4 Å². The molecule has 0 aliphatic rings. The predicted molar refractivity (Wildman–Crippen MR) is 98.9 cm³/mol. The van der Waals surface area contributed by atoms with Crippen LogP contribution in [0.4, 0.5) is 5.82 Å². The minimum atomic E-state index is 0.0962. The molecular weight excluding hydrogens is 316 g/mol. The van der Waals surface area contributed by atoms with Crippen LogP contribution in [-0.2, 0) is 4.79 Å². The van der Waals surface area contributed by atoms with Gasteiger partial charge in [-0.15, -0.1) is 0 Å². The van der Waals surface area contributed by atoms with Crippen molar-refractivity contribution >= 4 is 11.7 Å². The summed E-state index contributed by atoms with van der Waals surface area (Å²) in [5.74, 6) is 2.36. The lowest BCUT2D eigenvalue weighted by molar-refractivity contribution is -0.125. The number of nitrogens with zero attached hydrogens (tertiary/aromatic N) is 4. The third kappa shape index (κ3) is 5.01. The zero-order chi connectivity index (χ0) is 18.4. The van der Waals surface area contributed by atoms with E-state index in [1.165, 1.54) is 0 Å². The third-order valence-electron chi connectivity index (χ3n) is 4.14. The van der Waals surface area contributed by atoms with Gasteiger partial charge in [-0.2, -0.15) is 5.10 Å². The summed E-state index contributed by atoms with van der Waals surface area (Å²) in [6.45, 7) is 11.1. The molecule has 0 aromatic carbocycles. The molecule has 2 N–H and O–H groups in total. The first-order chi connectivity index (χ1) is 11.9. The van der Waals surface area contributed by atoms with E-state index in [2.05, 4.69) is 25.7 Å². The van der Waals surface area contributed by atoms with Crippen molar-refractivity contribution in [1.29, 1.82) is 0 Å². The van der Waals surface area contributed by atoms with Crippen molar-refractivity contribution < 1.29 is 4.79 Å². The number of carbonyl (C=O) groups excluding carboxylic acids is 1. The molecule has 2 aromatic heterocycles. The number of carbonyl (C=O) groups is 1. The number of aromatic nitrogens is 4. The van der Waals surface area contributed by atoms with Crippen LogP contribution in [0.3, 0.4) is 0 Å². The van der Waals surface area contributed by atoms with E-state index >= 15 is 0 Å². The molecule has 136 valence electrons. The highest BCUT2D eigenvalue weighted by Gasteiger charge is 2.13. The van der Waals surface area contributed by atoms with Crippen molar-refractivity contribution in [1.82, 2.24) is 25.1 Å². The molecule has 2 heterocycles. The fraction of sp³-hybridized carbons (Fsp3) is 0.556. The Bertz CT molecular complexity index is 720. The van der Waals surface area contributed by atoms with Crippen molar-refractivity contribution in [2.45, 2.75) is 47.5 Å². The van der Waals surface area contributed by atoms with Gasteiger partial charge in [-0.3, -0.25) is 4.79 Å². The van der Waals surface area contributed by atoms with Crippen LogP contribution in [0.25, 0.3) is 5.82 Å². The summed E-state index contributed by atoms with van der Waals surface area (Å²) in [4.78, 5) is 20.8. The summed E-state index contributed by atoms with van der Waals surface area (Å²) in [7, 11) is 0. The molecule has 7 heteroatoms. The second-order valence-corrected chi connectivity index (χ2v) is 6.23. The van der Waals surface area contributed by atoms with Crippen LogP contribution in [0, 0.1) is 26.7 Å². The molecule has 0 spiro atoms. The predicted octanol–water partition coefficient (Wildman–Crippen LogP) is 2.55. The standard InChI is InChI=1S/C18H28N6O/c1-6-15(7-2)18(25)20-9-8-19-16-11-17(22-14(5)21-16)24-13(4)10-12(3)23-24/h10-11,15H,6-9H2,1-5H3,(H,20,25)(H,19,21,22). The lowest BCUT2D eigenvalue weighted by Gasteiger charge is -2.13. The smallest absolute Gasteiger partial charge is 0.223 e. The van der Waals surface area contributed by atoms with Crippen LogP contribution >= 0.6 is 0 Å². The highest BCUT2D eigenvalue weighted by molar-refractivity contribution is 5.78. The van der Waals surface area contributed by atoms with E-state index in [1.54, 1.807) is 0 Å². The van der Waals surface area contributed by atoms with E-state index in [0.717, 1.165) is 35.9 Å². The van der Waals surface area contributed by atoms with Gasteiger partial charge in [0.2, 0.25) is 5.91 Å². The Morgan fingerprint density at radius 3 is 2.44 bits per heavy atom. The second-order valence-electron chi connectivity index (χ2n) is 6.23. The summed E-state index contributed by atoms with van der Waals surface area (Å²) < 4.78 is 1.81. The van der Waals surface area contributed by atoms with Gasteiger partial charge in [0.1, 0.15) is 11.6 Å². The number of hydrogen-bond acceptors (Lipinski definition) is 5. The van der Waals surface area contributed by atoms with Crippen molar-refractivity contribution in [3.8, 4) is 5.82 Å². The molecule has 7 nitrogen and oxygen atoms in total. The zero-order valence-electron chi connectivity index (χ0n) is 15.8. The molecule has 0 atom stereocenters. The number of amides is 1. The Morgan fingerprint density at radius 1 is 1.12 bits per heavy atom. The van der Waals surface area contributed by atoms with Crippen LogP contribution in [0.2, 0.25) is 0 Å². The Kier molecular flexibility index (Phi) is 6.50. The van der Waals surface area contributed by atoms with E-state index in [0.29, 0.717) is 18.9 Å². The fourth-order valence-electron chi connectivity index (χ4n) is 2.79.